The van der Waals surface area contributed by atoms with Gasteiger partial charge in [-0.25, -0.2) is 0 Å². The zero-order chi connectivity index (χ0) is 12.6. The van der Waals surface area contributed by atoms with Crippen molar-refractivity contribution in [1.29, 1.82) is 0 Å². The number of aromatic nitrogens is 2. The van der Waals surface area contributed by atoms with E-state index in [2.05, 4.69) is 16.5 Å². The summed E-state index contributed by atoms with van der Waals surface area (Å²) in [7, 11) is 0. The standard InChI is InChI=1S/C14H23N3O/c18-9-8-17-12-14(11-16-17)10-15-7-6-13-4-2-1-3-5-13/h4,11-12,15,18H,1-3,5-10H2. The molecule has 4 heteroatoms. The van der Waals surface area contributed by atoms with E-state index in [0.717, 1.165) is 13.1 Å². The van der Waals surface area contributed by atoms with E-state index in [1.807, 2.05) is 12.4 Å². The highest BCUT2D eigenvalue weighted by molar-refractivity contribution is 5.06. The van der Waals surface area contributed by atoms with Gasteiger partial charge >= 0.3 is 0 Å². The van der Waals surface area contributed by atoms with Crippen LogP contribution in [-0.4, -0.2) is 28.0 Å². The number of aliphatic hydroxyl groups excluding tert-OH is 1. The second-order valence-electron chi connectivity index (χ2n) is 4.87. The lowest BCUT2D eigenvalue weighted by atomic mass is 9.97. The maximum absolute atomic E-state index is 8.80. The Morgan fingerprint density at radius 1 is 1.39 bits per heavy atom. The van der Waals surface area contributed by atoms with Crippen molar-refractivity contribution in [2.45, 2.75) is 45.2 Å². The van der Waals surface area contributed by atoms with Crippen molar-refractivity contribution in [3.05, 3.63) is 29.6 Å². The Morgan fingerprint density at radius 3 is 3.11 bits per heavy atom. The monoisotopic (exact) mass is 249 g/mol. The minimum Gasteiger partial charge on any atom is -0.394 e. The van der Waals surface area contributed by atoms with E-state index in [1.165, 1.54) is 37.7 Å². The molecular weight excluding hydrogens is 226 g/mol. The SMILES string of the molecule is OCCn1cc(CNCCC2=CCCCC2)cn1. The molecule has 0 saturated heterocycles. The lowest BCUT2D eigenvalue weighted by molar-refractivity contribution is 0.269. The van der Waals surface area contributed by atoms with Gasteiger partial charge in [0.1, 0.15) is 0 Å². The van der Waals surface area contributed by atoms with E-state index in [0.29, 0.717) is 6.54 Å². The van der Waals surface area contributed by atoms with Crippen LogP contribution in [0.4, 0.5) is 0 Å². The minimum atomic E-state index is 0.142. The van der Waals surface area contributed by atoms with Crippen LogP contribution in [0.1, 0.15) is 37.7 Å². The van der Waals surface area contributed by atoms with Gasteiger partial charge in [0.25, 0.3) is 0 Å². The highest BCUT2D eigenvalue weighted by Crippen LogP contribution is 2.19. The van der Waals surface area contributed by atoms with Gasteiger partial charge in [-0.3, -0.25) is 4.68 Å². The summed E-state index contributed by atoms with van der Waals surface area (Å²) >= 11 is 0. The van der Waals surface area contributed by atoms with Gasteiger partial charge in [-0.1, -0.05) is 11.6 Å². The van der Waals surface area contributed by atoms with Gasteiger partial charge in [-0.15, -0.1) is 0 Å². The molecule has 2 rings (SSSR count). The number of aliphatic hydroxyl groups is 1. The normalized spacial score (nSPS) is 15.7. The molecule has 0 unspecified atom stereocenters. The summed E-state index contributed by atoms with van der Waals surface area (Å²) in [5, 5.41) is 16.4. The maximum Gasteiger partial charge on any atom is 0.0640 e. The molecule has 1 aromatic rings. The number of nitrogens with one attached hydrogen (secondary N) is 1. The van der Waals surface area contributed by atoms with Gasteiger partial charge in [-0.2, -0.15) is 5.10 Å². The molecule has 0 radical (unpaired) electrons. The Labute approximate surface area is 109 Å². The first-order valence-corrected chi connectivity index (χ1v) is 6.89. The second-order valence-corrected chi connectivity index (χ2v) is 4.87. The highest BCUT2D eigenvalue weighted by Gasteiger charge is 2.03. The molecule has 4 nitrogen and oxygen atoms in total. The third-order valence-electron chi connectivity index (χ3n) is 3.35. The number of hydrogen-bond donors (Lipinski definition) is 2. The molecule has 0 atom stereocenters. The van der Waals surface area contributed by atoms with E-state index in [9.17, 15) is 0 Å². The summed E-state index contributed by atoms with van der Waals surface area (Å²) in [5.41, 5.74) is 2.80. The number of rotatable bonds is 7. The summed E-state index contributed by atoms with van der Waals surface area (Å²) in [6.45, 7) is 2.62. The Kier molecular flexibility index (Phi) is 5.42. The molecule has 1 heterocycles. The third kappa shape index (κ3) is 4.27. The van der Waals surface area contributed by atoms with E-state index in [1.54, 1.807) is 10.3 Å². The molecular formula is C14H23N3O. The lowest BCUT2D eigenvalue weighted by Crippen LogP contribution is -2.15. The van der Waals surface area contributed by atoms with Gasteiger partial charge in [0, 0.05) is 18.3 Å². The van der Waals surface area contributed by atoms with E-state index < -0.39 is 0 Å². The van der Waals surface area contributed by atoms with Crippen LogP contribution >= 0.6 is 0 Å². The largest absolute Gasteiger partial charge is 0.394 e. The third-order valence-corrected chi connectivity index (χ3v) is 3.35. The molecule has 100 valence electrons. The molecule has 18 heavy (non-hydrogen) atoms. The second kappa shape index (κ2) is 7.34. The first kappa shape index (κ1) is 13.3. The molecule has 0 spiro atoms. The van der Waals surface area contributed by atoms with Crippen molar-refractivity contribution < 1.29 is 5.11 Å². The van der Waals surface area contributed by atoms with Crippen LogP contribution in [0.25, 0.3) is 0 Å². The zero-order valence-corrected chi connectivity index (χ0v) is 10.9. The average molecular weight is 249 g/mol. The van der Waals surface area contributed by atoms with Gasteiger partial charge < -0.3 is 10.4 Å². The summed E-state index contributed by atoms with van der Waals surface area (Å²) < 4.78 is 1.78. The van der Waals surface area contributed by atoms with Crippen LogP contribution in [0.15, 0.2) is 24.0 Å². The summed E-state index contributed by atoms with van der Waals surface area (Å²) in [6.07, 6.45) is 12.7. The fraction of sp³-hybridized carbons (Fsp3) is 0.643. The van der Waals surface area contributed by atoms with Crippen LogP contribution in [0.5, 0.6) is 0 Å². The molecule has 1 aromatic heterocycles. The molecule has 0 aliphatic heterocycles. The molecule has 2 N–H and O–H groups in total. The van der Waals surface area contributed by atoms with Crippen molar-refractivity contribution in [3.8, 4) is 0 Å². The summed E-state index contributed by atoms with van der Waals surface area (Å²) in [5.74, 6) is 0. The van der Waals surface area contributed by atoms with Crippen molar-refractivity contribution in [2.75, 3.05) is 13.2 Å². The summed E-state index contributed by atoms with van der Waals surface area (Å²) in [4.78, 5) is 0. The molecule has 1 aliphatic rings. The predicted octanol–water partition coefficient (Wildman–Crippen LogP) is 1.86. The Bertz CT molecular complexity index is 384. The molecule has 0 fully saturated rings. The average Bonchev–Trinajstić information content (AvgIpc) is 2.84. The fourth-order valence-corrected chi connectivity index (χ4v) is 2.34. The van der Waals surface area contributed by atoms with Crippen molar-refractivity contribution in [2.24, 2.45) is 0 Å². The highest BCUT2D eigenvalue weighted by atomic mass is 16.3. The summed E-state index contributed by atoms with van der Waals surface area (Å²) in [6, 6.07) is 0. The van der Waals surface area contributed by atoms with Crippen molar-refractivity contribution in [1.82, 2.24) is 15.1 Å². The topological polar surface area (TPSA) is 50.1 Å². The van der Waals surface area contributed by atoms with Crippen molar-refractivity contribution in [3.63, 3.8) is 0 Å². The number of nitrogens with zero attached hydrogens (tertiary/aromatic N) is 2. The molecule has 0 bridgehead atoms. The maximum atomic E-state index is 8.80. The lowest BCUT2D eigenvalue weighted by Gasteiger charge is -2.12. The minimum absolute atomic E-state index is 0.142. The van der Waals surface area contributed by atoms with Crippen LogP contribution in [0.2, 0.25) is 0 Å². The Morgan fingerprint density at radius 2 is 2.33 bits per heavy atom. The van der Waals surface area contributed by atoms with Crippen LogP contribution in [0, 0.1) is 0 Å². The molecule has 0 saturated carbocycles. The van der Waals surface area contributed by atoms with Gasteiger partial charge in [0.2, 0.25) is 0 Å². The van der Waals surface area contributed by atoms with Crippen molar-refractivity contribution >= 4 is 0 Å². The molecule has 0 aromatic carbocycles. The van der Waals surface area contributed by atoms with Gasteiger partial charge in [0.15, 0.2) is 0 Å². The predicted molar refractivity (Wildman–Crippen MR) is 72.2 cm³/mol. The number of hydrogen-bond acceptors (Lipinski definition) is 3. The van der Waals surface area contributed by atoms with E-state index in [4.69, 9.17) is 5.11 Å². The van der Waals surface area contributed by atoms with Crippen LogP contribution in [-0.2, 0) is 13.1 Å². The quantitative estimate of drug-likeness (QED) is 0.573. The van der Waals surface area contributed by atoms with Crippen LogP contribution in [0.3, 0.4) is 0 Å². The Balaban J connectivity index is 1.63. The number of allylic oxidation sites excluding steroid dienone is 1. The smallest absolute Gasteiger partial charge is 0.0640 e. The van der Waals surface area contributed by atoms with Gasteiger partial charge in [-0.05, 0) is 38.6 Å². The Hall–Kier alpha value is -1.13. The fourth-order valence-electron chi connectivity index (χ4n) is 2.34. The molecule has 0 amide bonds. The zero-order valence-electron chi connectivity index (χ0n) is 10.9. The first-order chi connectivity index (χ1) is 8.88. The van der Waals surface area contributed by atoms with E-state index in [-0.39, 0.29) is 6.61 Å². The van der Waals surface area contributed by atoms with Gasteiger partial charge in [0.05, 0.1) is 19.3 Å². The molecule has 1 aliphatic carbocycles. The first-order valence-electron chi connectivity index (χ1n) is 6.89. The van der Waals surface area contributed by atoms with E-state index >= 15 is 0 Å². The van der Waals surface area contributed by atoms with Crippen LogP contribution < -0.4 is 5.32 Å².